The monoisotopic (exact) mass is 315 g/mol. The minimum atomic E-state index is -0.384. The third kappa shape index (κ3) is 5.29. The van der Waals surface area contributed by atoms with Crippen LogP contribution < -0.4 is 15.8 Å². The number of para-hydroxylation sites is 1. The maximum Gasteiger partial charge on any atom is 0.193 e. The standard InChI is InChI=1S/C18H22FN3O/c1-3-14-7-6-8-15(11-14)22-18(20)21-12-13(2)23-17-10-5-4-9-16(17)19/h4-11,13H,3,12H2,1-2H3,(H3,20,21,22). The van der Waals surface area contributed by atoms with Gasteiger partial charge in [0.05, 0.1) is 6.54 Å². The van der Waals surface area contributed by atoms with Gasteiger partial charge in [0.15, 0.2) is 17.5 Å². The van der Waals surface area contributed by atoms with E-state index in [-0.39, 0.29) is 17.7 Å². The molecule has 3 N–H and O–H groups in total. The molecule has 0 saturated heterocycles. The summed E-state index contributed by atoms with van der Waals surface area (Å²) in [5, 5.41) is 3.05. The van der Waals surface area contributed by atoms with Crippen LogP contribution in [0.25, 0.3) is 0 Å². The lowest BCUT2D eigenvalue weighted by atomic mass is 10.1. The van der Waals surface area contributed by atoms with Crippen LogP contribution in [0.4, 0.5) is 10.1 Å². The lowest BCUT2D eigenvalue weighted by Gasteiger charge is -2.14. The van der Waals surface area contributed by atoms with Gasteiger partial charge in [-0.1, -0.05) is 31.2 Å². The van der Waals surface area contributed by atoms with Crippen LogP contribution in [0.3, 0.4) is 0 Å². The summed E-state index contributed by atoms with van der Waals surface area (Å²) in [5.74, 6) is 0.144. The van der Waals surface area contributed by atoms with E-state index in [2.05, 4.69) is 23.3 Å². The maximum atomic E-state index is 13.5. The molecule has 0 amide bonds. The smallest absolute Gasteiger partial charge is 0.193 e. The molecular formula is C18H22FN3O. The van der Waals surface area contributed by atoms with Crippen LogP contribution in [-0.4, -0.2) is 18.6 Å². The highest BCUT2D eigenvalue weighted by Gasteiger charge is 2.07. The molecule has 5 heteroatoms. The van der Waals surface area contributed by atoms with Gasteiger partial charge in [-0.2, -0.15) is 0 Å². The Kier molecular flexibility index (Phi) is 5.97. The van der Waals surface area contributed by atoms with Gasteiger partial charge in [-0.3, -0.25) is 0 Å². The number of aryl methyl sites for hydroxylation is 1. The number of nitrogens with two attached hydrogens (primary N) is 1. The van der Waals surface area contributed by atoms with Crippen LogP contribution in [0.1, 0.15) is 19.4 Å². The van der Waals surface area contributed by atoms with Gasteiger partial charge in [-0.25, -0.2) is 9.38 Å². The van der Waals surface area contributed by atoms with Gasteiger partial charge < -0.3 is 15.8 Å². The Balaban J connectivity index is 1.89. The minimum Gasteiger partial charge on any atom is -0.486 e. The average Bonchev–Trinajstić information content (AvgIpc) is 2.55. The molecule has 0 spiro atoms. The minimum absolute atomic E-state index is 0.220. The molecule has 2 aromatic rings. The second kappa shape index (κ2) is 8.17. The van der Waals surface area contributed by atoms with Crippen molar-refractivity contribution >= 4 is 11.6 Å². The molecule has 0 fully saturated rings. The number of benzene rings is 2. The third-order valence-electron chi connectivity index (χ3n) is 3.29. The van der Waals surface area contributed by atoms with Crippen molar-refractivity contribution in [1.29, 1.82) is 0 Å². The van der Waals surface area contributed by atoms with Gasteiger partial charge in [0.1, 0.15) is 6.10 Å². The van der Waals surface area contributed by atoms with E-state index in [9.17, 15) is 4.39 Å². The Morgan fingerprint density at radius 1 is 1.26 bits per heavy atom. The van der Waals surface area contributed by atoms with Crippen LogP contribution >= 0.6 is 0 Å². The van der Waals surface area contributed by atoms with Crippen LogP contribution in [-0.2, 0) is 6.42 Å². The van der Waals surface area contributed by atoms with Gasteiger partial charge in [0, 0.05) is 5.69 Å². The lowest BCUT2D eigenvalue weighted by Crippen LogP contribution is -2.25. The zero-order chi connectivity index (χ0) is 16.7. The zero-order valence-electron chi connectivity index (χ0n) is 13.4. The van der Waals surface area contributed by atoms with Gasteiger partial charge >= 0.3 is 0 Å². The highest BCUT2D eigenvalue weighted by atomic mass is 19.1. The molecule has 122 valence electrons. The van der Waals surface area contributed by atoms with E-state index in [1.165, 1.54) is 11.6 Å². The molecule has 2 rings (SSSR count). The molecule has 0 aliphatic rings. The van der Waals surface area contributed by atoms with Crippen molar-refractivity contribution in [1.82, 2.24) is 0 Å². The molecule has 1 unspecified atom stereocenters. The van der Waals surface area contributed by atoms with Gasteiger partial charge in [0.25, 0.3) is 0 Å². The summed E-state index contributed by atoms with van der Waals surface area (Å²) in [4.78, 5) is 4.24. The molecule has 1 atom stereocenters. The van der Waals surface area contributed by atoms with Crippen LogP contribution in [0.2, 0.25) is 0 Å². The van der Waals surface area contributed by atoms with Crippen molar-refractivity contribution in [3.05, 3.63) is 59.9 Å². The van der Waals surface area contributed by atoms with E-state index in [1.807, 2.05) is 25.1 Å². The Labute approximate surface area is 136 Å². The third-order valence-corrected chi connectivity index (χ3v) is 3.29. The largest absolute Gasteiger partial charge is 0.486 e. The quantitative estimate of drug-likeness (QED) is 0.633. The molecule has 4 nitrogen and oxygen atoms in total. The number of nitrogens with one attached hydrogen (secondary N) is 1. The summed E-state index contributed by atoms with van der Waals surface area (Å²) in [5.41, 5.74) is 8.00. The molecule has 0 aliphatic carbocycles. The molecule has 0 aromatic heterocycles. The zero-order valence-corrected chi connectivity index (χ0v) is 13.4. The van der Waals surface area contributed by atoms with Crippen LogP contribution in [0.15, 0.2) is 53.5 Å². The van der Waals surface area contributed by atoms with Crippen molar-refractivity contribution in [3.8, 4) is 5.75 Å². The number of halogens is 1. The number of nitrogens with zero attached hydrogens (tertiary/aromatic N) is 1. The summed E-state index contributed by atoms with van der Waals surface area (Å²) in [6.45, 7) is 4.25. The van der Waals surface area contributed by atoms with E-state index in [4.69, 9.17) is 10.5 Å². The number of ether oxygens (including phenoxy) is 1. The second-order valence-corrected chi connectivity index (χ2v) is 5.26. The molecule has 23 heavy (non-hydrogen) atoms. The number of hydrogen-bond acceptors (Lipinski definition) is 2. The van der Waals surface area contributed by atoms with Crippen molar-refractivity contribution in [2.45, 2.75) is 26.4 Å². The Morgan fingerprint density at radius 2 is 2.04 bits per heavy atom. The van der Waals surface area contributed by atoms with Crippen molar-refractivity contribution < 1.29 is 9.13 Å². The summed E-state index contributed by atoms with van der Waals surface area (Å²) in [7, 11) is 0. The van der Waals surface area contributed by atoms with Gasteiger partial charge in [-0.15, -0.1) is 0 Å². The molecular weight excluding hydrogens is 293 g/mol. The number of anilines is 1. The Bertz CT molecular complexity index is 673. The summed E-state index contributed by atoms with van der Waals surface area (Å²) in [6.07, 6.45) is 0.675. The number of guanidine groups is 1. The first-order valence-corrected chi connectivity index (χ1v) is 7.65. The summed E-state index contributed by atoms with van der Waals surface area (Å²) in [6, 6.07) is 14.3. The van der Waals surface area contributed by atoms with E-state index in [0.717, 1.165) is 12.1 Å². The van der Waals surface area contributed by atoms with Gasteiger partial charge in [0.2, 0.25) is 0 Å². The maximum absolute atomic E-state index is 13.5. The molecule has 0 radical (unpaired) electrons. The number of rotatable bonds is 6. The van der Waals surface area contributed by atoms with E-state index >= 15 is 0 Å². The van der Waals surface area contributed by atoms with Crippen molar-refractivity contribution in [2.24, 2.45) is 10.7 Å². The first kappa shape index (κ1) is 16.8. The predicted molar refractivity (Wildman–Crippen MR) is 92.4 cm³/mol. The molecule has 0 bridgehead atoms. The lowest BCUT2D eigenvalue weighted by molar-refractivity contribution is 0.220. The fourth-order valence-electron chi connectivity index (χ4n) is 2.08. The molecule has 0 saturated carbocycles. The second-order valence-electron chi connectivity index (χ2n) is 5.26. The fraction of sp³-hybridized carbons (Fsp3) is 0.278. The van der Waals surface area contributed by atoms with E-state index < -0.39 is 0 Å². The first-order valence-electron chi connectivity index (χ1n) is 7.65. The highest BCUT2D eigenvalue weighted by molar-refractivity contribution is 5.92. The highest BCUT2D eigenvalue weighted by Crippen LogP contribution is 2.17. The SMILES string of the molecule is CCc1cccc(NC(N)=NCC(C)Oc2ccccc2F)c1. The Hall–Kier alpha value is -2.56. The summed E-state index contributed by atoms with van der Waals surface area (Å²) >= 11 is 0. The number of aliphatic imine (C=N–C) groups is 1. The summed E-state index contributed by atoms with van der Waals surface area (Å²) < 4.78 is 19.0. The average molecular weight is 315 g/mol. The van der Waals surface area contributed by atoms with E-state index in [1.54, 1.807) is 18.2 Å². The Morgan fingerprint density at radius 3 is 2.78 bits per heavy atom. The van der Waals surface area contributed by atoms with Crippen molar-refractivity contribution in [3.63, 3.8) is 0 Å². The first-order chi connectivity index (χ1) is 11.1. The predicted octanol–water partition coefficient (Wildman–Crippen LogP) is 3.58. The molecule has 0 aliphatic heterocycles. The molecule has 2 aromatic carbocycles. The number of hydrogen-bond donors (Lipinski definition) is 2. The fourth-order valence-corrected chi connectivity index (χ4v) is 2.08. The van der Waals surface area contributed by atoms with Crippen molar-refractivity contribution in [2.75, 3.05) is 11.9 Å². The van der Waals surface area contributed by atoms with Crippen LogP contribution in [0.5, 0.6) is 5.75 Å². The van der Waals surface area contributed by atoms with E-state index in [0.29, 0.717) is 12.5 Å². The molecule has 0 heterocycles. The normalized spacial score (nSPS) is 12.7. The van der Waals surface area contributed by atoms with Gasteiger partial charge in [-0.05, 0) is 43.2 Å². The topological polar surface area (TPSA) is 59.6 Å². The van der Waals surface area contributed by atoms with Crippen LogP contribution in [0, 0.1) is 5.82 Å².